The Morgan fingerprint density at radius 1 is 1.00 bits per heavy atom. The first kappa shape index (κ1) is 19.3. The summed E-state index contributed by atoms with van der Waals surface area (Å²) in [5.74, 6) is -0.609. The molecule has 1 heterocycles. The van der Waals surface area contributed by atoms with E-state index in [1.807, 2.05) is 6.92 Å². The van der Waals surface area contributed by atoms with Crippen molar-refractivity contribution in [3.8, 4) is 0 Å². The summed E-state index contributed by atoms with van der Waals surface area (Å²) in [6.07, 6.45) is 1.72. The minimum Gasteiger partial charge on any atom is -0.355 e. The molecule has 2 N–H and O–H groups in total. The van der Waals surface area contributed by atoms with Gasteiger partial charge in [0.1, 0.15) is 0 Å². The van der Waals surface area contributed by atoms with Crippen molar-refractivity contribution in [1.82, 2.24) is 15.1 Å². The lowest BCUT2D eigenvalue weighted by molar-refractivity contribution is 0.0962. The molecule has 3 aromatic rings. The molecule has 7 heteroatoms. The molecule has 0 bridgehead atoms. The highest BCUT2D eigenvalue weighted by atomic mass is 16.2. The summed E-state index contributed by atoms with van der Waals surface area (Å²) < 4.78 is 1.36. The van der Waals surface area contributed by atoms with Crippen molar-refractivity contribution in [3.05, 3.63) is 70.1 Å². The molecule has 0 aliphatic carbocycles. The second-order valence-electron chi connectivity index (χ2n) is 6.39. The number of aromatic nitrogens is 2. The van der Waals surface area contributed by atoms with Gasteiger partial charge in [0, 0.05) is 30.2 Å². The first-order chi connectivity index (χ1) is 13.5. The Kier molecular flexibility index (Phi) is 5.84. The first-order valence-electron chi connectivity index (χ1n) is 9.18. The average molecular weight is 378 g/mol. The van der Waals surface area contributed by atoms with Crippen LogP contribution >= 0.6 is 0 Å². The number of nitrogens with one attached hydrogen (secondary N) is 2. The number of carbonyl (C=O) groups excluding carboxylic acids is 2. The van der Waals surface area contributed by atoms with Gasteiger partial charge in [0.05, 0.1) is 5.39 Å². The largest absolute Gasteiger partial charge is 0.355 e. The number of aryl methyl sites for hydroxylation is 1. The van der Waals surface area contributed by atoms with Crippen LogP contribution in [-0.4, -0.2) is 28.6 Å². The summed E-state index contributed by atoms with van der Waals surface area (Å²) in [5, 5.41) is 10.6. The molecule has 0 saturated heterocycles. The maximum Gasteiger partial charge on any atom is 0.276 e. The van der Waals surface area contributed by atoms with E-state index < -0.39 is 5.91 Å². The molecule has 144 valence electrons. The summed E-state index contributed by atoms with van der Waals surface area (Å²) in [6, 6.07) is 13.5. The summed E-state index contributed by atoms with van der Waals surface area (Å²) >= 11 is 0. The van der Waals surface area contributed by atoms with Gasteiger partial charge in [-0.3, -0.25) is 14.4 Å². The van der Waals surface area contributed by atoms with Crippen LogP contribution in [0.15, 0.2) is 53.3 Å². The Morgan fingerprint density at radius 2 is 1.68 bits per heavy atom. The van der Waals surface area contributed by atoms with Gasteiger partial charge in [-0.05, 0) is 36.8 Å². The molecule has 7 nitrogen and oxygen atoms in total. The lowest BCUT2D eigenvalue weighted by Gasteiger charge is -2.11. The molecule has 3 rings (SSSR count). The van der Waals surface area contributed by atoms with Gasteiger partial charge in [-0.2, -0.15) is 5.10 Å². The van der Waals surface area contributed by atoms with E-state index in [0.717, 1.165) is 12.8 Å². The fourth-order valence-corrected chi connectivity index (χ4v) is 2.90. The number of unbranched alkanes of at least 4 members (excludes halogenated alkanes) is 1. The van der Waals surface area contributed by atoms with Gasteiger partial charge < -0.3 is 10.6 Å². The van der Waals surface area contributed by atoms with Crippen LogP contribution in [0.4, 0.5) is 5.69 Å². The number of rotatable bonds is 6. The average Bonchev–Trinajstić information content (AvgIpc) is 2.73. The van der Waals surface area contributed by atoms with Gasteiger partial charge in [0.15, 0.2) is 5.69 Å². The van der Waals surface area contributed by atoms with Crippen LogP contribution in [0.5, 0.6) is 0 Å². The summed E-state index contributed by atoms with van der Waals surface area (Å²) in [7, 11) is 1.56. The molecular weight excluding hydrogens is 356 g/mol. The number of amides is 2. The first-order valence-corrected chi connectivity index (χ1v) is 9.18. The van der Waals surface area contributed by atoms with Crippen molar-refractivity contribution in [1.29, 1.82) is 0 Å². The molecule has 0 aliphatic rings. The molecular formula is C21H22N4O3. The highest BCUT2D eigenvalue weighted by Crippen LogP contribution is 2.16. The van der Waals surface area contributed by atoms with E-state index >= 15 is 0 Å². The highest BCUT2D eigenvalue weighted by molar-refractivity contribution is 6.11. The monoisotopic (exact) mass is 378 g/mol. The van der Waals surface area contributed by atoms with Crippen LogP contribution in [0.3, 0.4) is 0 Å². The number of benzene rings is 2. The van der Waals surface area contributed by atoms with Gasteiger partial charge in [-0.25, -0.2) is 4.68 Å². The third-order valence-electron chi connectivity index (χ3n) is 4.44. The molecule has 0 fully saturated rings. The number of hydrogen-bond donors (Lipinski definition) is 2. The Labute approximate surface area is 162 Å². The van der Waals surface area contributed by atoms with Crippen LogP contribution < -0.4 is 16.2 Å². The van der Waals surface area contributed by atoms with E-state index in [0.29, 0.717) is 28.6 Å². The summed E-state index contributed by atoms with van der Waals surface area (Å²) in [4.78, 5) is 37.1. The number of nitrogens with zero attached hydrogens (tertiary/aromatic N) is 2. The molecule has 0 aliphatic heterocycles. The van der Waals surface area contributed by atoms with Crippen LogP contribution in [0.25, 0.3) is 10.8 Å². The van der Waals surface area contributed by atoms with Gasteiger partial charge in [-0.1, -0.05) is 31.5 Å². The minimum atomic E-state index is -0.408. The van der Waals surface area contributed by atoms with Crippen LogP contribution in [0.2, 0.25) is 0 Å². The van der Waals surface area contributed by atoms with E-state index in [4.69, 9.17) is 0 Å². The Hall–Kier alpha value is -3.48. The second-order valence-corrected chi connectivity index (χ2v) is 6.39. The quantitative estimate of drug-likeness (QED) is 0.690. The van der Waals surface area contributed by atoms with E-state index in [1.54, 1.807) is 55.6 Å². The molecule has 2 aromatic carbocycles. The molecule has 2 amide bonds. The zero-order valence-corrected chi connectivity index (χ0v) is 15.9. The topological polar surface area (TPSA) is 93.1 Å². The van der Waals surface area contributed by atoms with Crippen molar-refractivity contribution in [2.45, 2.75) is 26.3 Å². The zero-order chi connectivity index (χ0) is 20.1. The number of hydrogen-bond acceptors (Lipinski definition) is 4. The Balaban J connectivity index is 1.95. The van der Waals surface area contributed by atoms with Crippen molar-refractivity contribution in [2.24, 2.45) is 0 Å². The van der Waals surface area contributed by atoms with E-state index in [1.165, 1.54) is 4.68 Å². The maximum atomic E-state index is 12.9. The van der Waals surface area contributed by atoms with Crippen LogP contribution in [0, 0.1) is 0 Å². The number of fused-ring (bicyclic) bond motifs is 1. The maximum absolute atomic E-state index is 12.9. The molecule has 0 atom stereocenters. The van der Waals surface area contributed by atoms with Gasteiger partial charge in [-0.15, -0.1) is 0 Å². The predicted octanol–water partition coefficient (Wildman–Crippen LogP) is 2.81. The molecule has 0 spiro atoms. The molecule has 1 aromatic heterocycles. The van der Waals surface area contributed by atoms with Crippen molar-refractivity contribution in [3.63, 3.8) is 0 Å². The fraction of sp³-hybridized carbons (Fsp3) is 0.238. The summed E-state index contributed by atoms with van der Waals surface area (Å²) in [5.41, 5.74) is 1.03. The molecule has 0 saturated carbocycles. The molecule has 0 radical (unpaired) electrons. The number of carbonyl (C=O) groups is 2. The standard InChI is InChI=1S/C21H22N4O3/c1-3-4-13-25-21(28)17-8-6-5-7-16(17)18(24-25)20(27)23-15-11-9-14(10-12-15)19(26)22-2/h5-12H,3-4,13H2,1-2H3,(H,22,26)(H,23,27). The van der Waals surface area contributed by atoms with Crippen molar-refractivity contribution < 1.29 is 9.59 Å². The fourth-order valence-electron chi connectivity index (χ4n) is 2.90. The third-order valence-corrected chi connectivity index (χ3v) is 4.44. The third kappa shape index (κ3) is 3.93. The van der Waals surface area contributed by atoms with Gasteiger partial charge in [0.2, 0.25) is 0 Å². The van der Waals surface area contributed by atoms with Gasteiger partial charge in [0.25, 0.3) is 17.4 Å². The van der Waals surface area contributed by atoms with Crippen LogP contribution in [-0.2, 0) is 6.54 Å². The van der Waals surface area contributed by atoms with Crippen LogP contribution in [0.1, 0.15) is 40.6 Å². The van der Waals surface area contributed by atoms with Crippen molar-refractivity contribution in [2.75, 3.05) is 12.4 Å². The SMILES string of the molecule is CCCCn1nc(C(=O)Nc2ccc(C(=O)NC)cc2)c2ccccc2c1=O. The second kappa shape index (κ2) is 8.47. The normalized spacial score (nSPS) is 10.6. The highest BCUT2D eigenvalue weighted by Gasteiger charge is 2.17. The zero-order valence-electron chi connectivity index (χ0n) is 15.9. The van der Waals surface area contributed by atoms with E-state index in [9.17, 15) is 14.4 Å². The minimum absolute atomic E-state index is 0.196. The lowest BCUT2D eigenvalue weighted by Crippen LogP contribution is -2.27. The van der Waals surface area contributed by atoms with Gasteiger partial charge >= 0.3 is 0 Å². The Morgan fingerprint density at radius 3 is 2.32 bits per heavy atom. The number of anilines is 1. The predicted molar refractivity (Wildman–Crippen MR) is 109 cm³/mol. The van der Waals surface area contributed by atoms with E-state index in [-0.39, 0.29) is 17.2 Å². The molecule has 0 unspecified atom stereocenters. The molecule has 28 heavy (non-hydrogen) atoms. The Bertz CT molecular complexity index is 1070. The smallest absolute Gasteiger partial charge is 0.276 e. The summed E-state index contributed by atoms with van der Waals surface area (Å²) in [6.45, 7) is 2.49. The van der Waals surface area contributed by atoms with Crippen molar-refractivity contribution >= 4 is 28.3 Å². The van der Waals surface area contributed by atoms with E-state index in [2.05, 4.69) is 15.7 Å². The lowest BCUT2D eigenvalue weighted by atomic mass is 10.1.